The molecule has 0 radical (unpaired) electrons. The fourth-order valence-corrected chi connectivity index (χ4v) is 1.18. The Bertz CT molecular complexity index is 177. The minimum atomic E-state index is -0.228. The SMILES string of the molecule is C=CCC[C@@H](C)O[C@@H](C)CC(=O)OC. The van der Waals surface area contributed by atoms with Crippen molar-refractivity contribution in [2.75, 3.05) is 7.11 Å². The van der Waals surface area contributed by atoms with Crippen molar-refractivity contribution in [3.05, 3.63) is 12.7 Å². The van der Waals surface area contributed by atoms with Crippen LogP contribution in [0.5, 0.6) is 0 Å². The minimum absolute atomic E-state index is 0.0812. The Hall–Kier alpha value is -0.830. The molecule has 0 aliphatic rings. The number of carbonyl (C=O) groups is 1. The lowest BCUT2D eigenvalue weighted by molar-refractivity contribution is -0.144. The largest absolute Gasteiger partial charge is 0.469 e. The molecule has 3 nitrogen and oxygen atoms in total. The van der Waals surface area contributed by atoms with Crippen LogP contribution in [0.4, 0.5) is 0 Å². The zero-order valence-corrected chi connectivity index (χ0v) is 9.29. The molecule has 0 saturated heterocycles. The summed E-state index contributed by atoms with van der Waals surface area (Å²) in [6.07, 6.45) is 4.14. The van der Waals surface area contributed by atoms with Crippen molar-refractivity contribution in [3.63, 3.8) is 0 Å². The molecule has 0 heterocycles. The summed E-state index contributed by atoms with van der Waals surface area (Å²) in [6, 6.07) is 0. The molecule has 0 bridgehead atoms. The topological polar surface area (TPSA) is 35.5 Å². The van der Waals surface area contributed by atoms with E-state index in [0.29, 0.717) is 6.42 Å². The quantitative estimate of drug-likeness (QED) is 0.467. The molecule has 0 aliphatic heterocycles. The standard InChI is InChI=1S/C11H20O3/c1-5-6-7-9(2)14-10(3)8-11(12)13-4/h5,9-10H,1,6-8H2,2-4H3/t9-,10+/m1/s1. The van der Waals surface area contributed by atoms with Crippen LogP contribution in [0.1, 0.15) is 33.1 Å². The fourth-order valence-electron chi connectivity index (χ4n) is 1.18. The van der Waals surface area contributed by atoms with Crippen molar-refractivity contribution in [3.8, 4) is 0 Å². The third-order valence-corrected chi connectivity index (χ3v) is 1.92. The number of methoxy groups -OCH3 is 1. The molecule has 82 valence electrons. The third-order valence-electron chi connectivity index (χ3n) is 1.92. The normalized spacial score (nSPS) is 14.5. The summed E-state index contributed by atoms with van der Waals surface area (Å²) in [5.41, 5.74) is 0. The first-order chi connectivity index (χ1) is 6.60. The number of hydrogen-bond acceptors (Lipinski definition) is 3. The van der Waals surface area contributed by atoms with E-state index < -0.39 is 0 Å². The molecule has 0 spiro atoms. The van der Waals surface area contributed by atoms with E-state index in [0.717, 1.165) is 12.8 Å². The molecule has 0 N–H and O–H groups in total. The monoisotopic (exact) mass is 200 g/mol. The lowest BCUT2D eigenvalue weighted by atomic mass is 10.2. The van der Waals surface area contributed by atoms with E-state index in [2.05, 4.69) is 11.3 Å². The van der Waals surface area contributed by atoms with E-state index in [4.69, 9.17) is 4.74 Å². The second kappa shape index (κ2) is 7.56. The minimum Gasteiger partial charge on any atom is -0.469 e. The van der Waals surface area contributed by atoms with Gasteiger partial charge in [-0.05, 0) is 26.7 Å². The van der Waals surface area contributed by atoms with Crippen LogP contribution >= 0.6 is 0 Å². The van der Waals surface area contributed by atoms with Crippen LogP contribution in [0.25, 0.3) is 0 Å². The molecule has 0 unspecified atom stereocenters. The number of allylic oxidation sites excluding steroid dienone is 1. The first-order valence-corrected chi connectivity index (χ1v) is 4.93. The average molecular weight is 200 g/mol. The molecule has 0 aromatic rings. The summed E-state index contributed by atoms with van der Waals surface area (Å²) in [7, 11) is 1.39. The van der Waals surface area contributed by atoms with Gasteiger partial charge < -0.3 is 9.47 Å². The zero-order valence-electron chi connectivity index (χ0n) is 9.29. The summed E-state index contributed by atoms with van der Waals surface area (Å²) in [6.45, 7) is 7.52. The summed E-state index contributed by atoms with van der Waals surface area (Å²) in [5.74, 6) is -0.228. The van der Waals surface area contributed by atoms with Crippen LogP contribution in [-0.2, 0) is 14.3 Å². The predicted molar refractivity (Wildman–Crippen MR) is 56.1 cm³/mol. The Morgan fingerprint density at radius 1 is 1.43 bits per heavy atom. The van der Waals surface area contributed by atoms with E-state index in [1.165, 1.54) is 7.11 Å². The van der Waals surface area contributed by atoms with Crippen LogP contribution in [0.15, 0.2) is 12.7 Å². The smallest absolute Gasteiger partial charge is 0.308 e. The Balaban J connectivity index is 3.64. The summed E-state index contributed by atoms with van der Waals surface area (Å²) >= 11 is 0. The Morgan fingerprint density at radius 3 is 2.57 bits per heavy atom. The maximum atomic E-state index is 10.9. The lowest BCUT2D eigenvalue weighted by Crippen LogP contribution is -2.20. The van der Waals surface area contributed by atoms with Gasteiger partial charge in [-0.2, -0.15) is 0 Å². The number of esters is 1. The summed E-state index contributed by atoms with van der Waals surface area (Å²) in [4.78, 5) is 10.9. The molecule has 0 aromatic carbocycles. The van der Waals surface area contributed by atoms with Crippen molar-refractivity contribution >= 4 is 5.97 Å². The van der Waals surface area contributed by atoms with E-state index in [9.17, 15) is 4.79 Å². The van der Waals surface area contributed by atoms with Crippen LogP contribution < -0.4 is 0 Å². The molecular weight excluding hydrogens is 180 g/mol. The predicted octanol–water partition coefficient (Wildman–Crippen LogP) is 2.31. The van der Waals surface area contributed by atoms with Gasteiger partial charge in [-0.1, -0.05) is 6.08 Å². The van der Waals surface area contributed by atoms with Crippen LogP contribution in [0.3, 0.4) is 0 Å². The molecule has 0 amide bonds. The first kappa shape index (κ1) is 13.2. The van der Waals surface area contributed by atoms with Gasteiger partial charge in [0.05, 0.1) is 25.7 Å². The zero-order chi connectivity index (χ0) is 11.0. The molecule has 14 heavy (non-hydrogen) atoms. The highest BCUT2D eigenvalue weighted by Crippen LogP contribution is 2.08. The van der Waals surface area contributed by atoms with E-state index in [1.807, 2.05) is 19.9 Å². The van der Waals surface area contributed by atoms with Gasteiger partial charge in [0.1, 0.15) is 0 Å². The molecule has 0 rings (SSSR count). The molecule has 0 aliphatic carbocycles. The summed E-state index contributed by atoms with van der Waals surface area (Å²) < 4.78 is 10.1. The molecule has 0 fully saturated rings. The second-order valence-corrected chi connectivity index (χ2v) is 3.40. The van der Waals surface area contributed by atoms with Gasteiger partial charge in [-0.25, -0.2) is 0 Å². The van der Waals surface area contributed by atoms with Gasteiger partial charge in [0.25, 0.3) is 0 Å². The molecule has 2 atom stereocenters. The number of carbonyl (C=O) groups excluding carboxylic acids is 1. The molecule has 3 heteroatoms. The molecule has 0 saturated carbocycles. The second-order valence-electron chi connectivity index (χ2n) is 3.40. The van der Waals surface area contributed by atoms with E-state index in [1.54, 1.807) is 0 Å². The van der Waals surface area contributed by atoms with Gasteiger partial charge >= 0.3 is 5.97 Å². The lowest BCUT2D eigenvalue weighted by Gasteiger charge is -2.17. The van der Waals surface area contributed by atoms with Gasteiger partial charge in [-0.3, -0.25) is 4.79 Å². The Labute approximate surface area is 86.1 Å². The van der Waals surface area contributed by atoms with Crippen molar-refractivity contribution in [2.45, 2.75) is 45.3 Å². The van der Waals surface area contributed by atoms with Gasteiger partial charge in [-0.15, -0.1) is 6.58 Å². The van der Waals surface area contributed by atoms with Crippen molar-refractivity contribution in [2.24, 2.45) is 0 Å². The van der Waals surface area contributed by atoms with Crippen molar-refractivity contribution in [1.29, 1.82) is 0 Å². The average Bonchev–Trinajstić information content (AvgIpc) is 2.14. The highest BCUT2D eigenvalue weighted by Gasteiger charge is 2.12. The highest BCUT2D eigenvalue weighted by molar-refractivity contribution is 5.69. The maximum Gasteiger partial charge on any atom is 0.308 e. The Kier molecular flexibility index (Phi) is 7.11. The van der Waals surface area contributed by atoms with Crippen LogP contribution in [-0.4, -0.2) is 25.3 Å². The molecule has 0 aromatic heterocycles. The third kappa shape index (κ3) is 6.66. The maximum absolute atomic E-state index is 10.9. The molecular formula is C11H20O3. The highest BCUT2D eigenvalue weighted by atomic mass is 16.5. The van der Waals surface area contributed by atoms with Gasteiger partial charge in [0.2, 0.25) is 0 Å². The van der Waals surface area contributed by atoms with Gasteiger partial charge in [0, 0.05) is 0 Å². The number of hydrogen-bond donors (Lipinski definition) is 0. The van der Waals surface area contributed by atoms with Crippen LogP contribution in [0, 0.1) is 0 Å². The number of ether oxygens (including phenoxy) is 2. The van der Waals surface area contributed by atoms with E-state index in [-0.39, 0.29) is 18.2 Å². The van der Waals surface area contributed by atoms with Crippen LogP contribution in [0.2, 0.25) is 0 Å². The van der Waals surface area contributed by atoms with Gasteiger partial charge in [0.15, 0.2) is 0 Å². The fraction of sp³-hybridized carbons (Fsp3) is 0.727. The van der Waals surface area contributed by atoms with Crippen molar-refractivity contribution < 1.29 is 14.3 Å². The first-order valence-electron chi connectivity index (χ1n) is 4.93. The Morgan fingerprint density at radius 2 is 2.07 bits per heavy atom. The van der Waals surface area contributed by atoms with E-state index >= 15 is 0 Å². The number of rotatable bonds is 7. The van der Waals surface area contributed by atoms with Crippen molar-refractivity contribution in [1.82, 2.24) is 0 Å². The summed E-state index contributed by atoms with van der Waals surface area (Å²) in [5, 5.41) is 0.